The minimum atomic E-state index is -0.843. The molecule has 0 fully saturated rings. The summed E-state index contributed by atoms with van der Waals surface area (Å²) in [5.41, 5.74) is 9.27. The van der Waals surface area contributed by atoms with Crippen LogP contribution in [0.25, 0.3) is 11.3 Å². The maximum Gasteiger partial charge on any atom is 0.283 e. The van der Waals surface area contributed by atoms with Crippen LogP contribution >= 0.6 is 0 Å². The van der Waals surface area contributed by atoms with Crippen LogP contribution in [0.3, 0.4) is 0 Å². The highest BCUT2D eigenvalue weighted by atomic mass is 16.5. The zero-order valence-electron chi connectivity index (χ0n) is 17.9. The molecule has 7 heteroatoms. The summed E-state index contributed by atoms with van der Waals surface area (Å²) in [7, 11) is 1.88. The van der Waals surface area contributed by atoms with Gasteiger partial charge in [-0.25, -0.2) is 9.98 Å². The van der Waals surface area contributed by atoms with E-state index in [1.54, 1.807) is 10.9 Å². The third-order valence-electron chi connectivity index (χ3n) is 5.25. The monoisotopic (exact) mass is 413 g/mol. The van der Waals surface area contributed by atoms with E-state index in [1.807, 2.05) is 43.6 Å². The van der Waals surface area contributed by atoms with Gasteiger partial charge in [0.1, 0.15) is 12.4 Å². The molecule has 2 N–H and O–H groups in total. The van der Waals surface area contributed by atoms with Crippen molar-refractivity contribution in [2.24, 2.45) is 23.2 Å². The largest absolute Gasteiger partial charge is 0.462 e. The SMILES string of the molecule is Cn1ccc(-c2cnc3c(c2)[C@]2(COC(N)=N2)c2cc(C#CC(C)(C)C)ccc2O3)n1. The summed E-state index contributed by atoms with van der Waals surface area (Å²) in [6, 6.07) is 9.96. The number of nitrogens with two attached hydrogens (primary N) is 1. The Kier molecular flexibility index (Phi) is 4.09. The summed E-state index contributed by atoms with van der Waals surface area (Å²) < 4.78 is 13.6. The number of aromatic nitrogens is 3. The van der Waals surface area contributed by atoms with E-state index in [-0.39, 0.29) is 18.0 Å². The fourth-order valence-corrected chi connectivity index (χ4v) is 3.77. The van der Waals surface area contributed by atoms with Crippen LogP contribution < -0.4 is 10.5 Å². The molecule has 2 aliphatic heterocycles. The highest BCUT2D eigenvalue weighted by molar-refractivity contribution is 5.77. The fourth-order valence-electron chi connectivity index (χ4n) is 3.77. The van der Waals surface area contributed by atoms with E-state index in [4.69, 9.17) is 20.2 Å². The first-order chi connectivity index (χ1) is 14.7. The molecule has 0 bridgehead atoms. The summed E-state index contributed by atoms with van der Waals surface area (Å²) in [4.78, 5) is 9.30. The zero-order chi connectivity index (χ0) is 21.8. The Bertz CT molecular complexity index is 1290. The van der Waals surface area contributed by atoms with E-state index >= 15 is 0 Å². The first-order valence-corrected chi connectivity index (χ1v) is 10.1. The lowest BCUT2D eigenvalue weighted by Gasteiger charge is -2.32. The predicted octanol–water partition coefficient (Wildman–Crippen LogP) is 3.57. The Morgan fingerprint density at radius 1 is 1.16 bits per heavy atom. The Balaban J connectivity index is 1.68. The molecule has 0 unspecified atom stereocenters. The summed E-state index contributed by atoms with van der Waals surface area (Å²) in [5.74, 6) is 7.70. The van der Waals surface area contributed by atoms with E-state index in [1.165, 1.54) is 0 Å². The molecular weight excluding hydrogens is 390 g/mol. The van der Waals surface area contributed by atoms with Crippen molar-refractivity contribution in [2.45, 2.75) is 26.3 Å². The van der Waals surface area contributed by atoms with Gasteiger partial charge in [-0.2, -0.15) is 5.10 Å². The Morgan fingerprint density at radius 2 is 2.00 bits per heavy atom. The molecule has 5 rings (SSSR count). The number of hydrogen-bond acceptors (Lipinski definition) is 6. The zero-order valence-corrected chi connectivity index (χ0v) is 17.9. The van der Waals surface area contributed by atoms with Crippen molar-refractivity contribution in [3.8, 4) is 34.7 Å². The van der Waals surface area contributed by atoms with E-state index in [9.17, 15) is 0 Å². The van der Waals surface area contributed by atoms with Crippen molar-refractivity contribution in [2.75, 3.05) is 6.61 Å². The van der Waals surface area contributed by atoms with E-state index in [0.29, 0.717) is 11.6 Å². The molecule has 1 spiro atoms. The Labute approximate surface area is 180 Å². The number of fused-ring (bicyclic) bond motifs is 4. The van der Waals surface area contributed by atoms with Crippen LogP contribution in [-0.2, 0) is 17.3 Å². The van der Waals surface area contributed by atoms with E-state index in [2.05, 4.69) is 42.7 Å². The van der Waals surface area contributed by atoms with Gasteiger partial charge in [-0.05, 0) is 51.1 Å². The van der Waals surface area contributed by atoms with Gasteiger partial charge in [0.05, 0.1) is 11.3 Å². The number of aryl methyl sites for hydroxylation is 1. The van der Waals surface area contributed by atoms with Crippen LogP contribution in [0.2, 0.25) is 0 Å². The topological polar surface area (TPSA) is 87.6 Å². The minimum absolute atomic E-state index is 0.1000. The quantitative estimate of drug-likeness (QED) is 0.616. The molecule has 0 amide bonds. The van der Waals surface area contributed by atoms with Crippen molar-refractivity contribution in [1.29, 1.82) is 0 Å². The van der Waals surface area contributed by atoms with Crippen molar-refractivity contribution in [1.82, 2.24) is 14.8 Å². The summed E-state index contributed by atoms with van der Waals surface area (Å²) in [5, 5.41) is 4.49. The van der Waals surface area contributed by atoms with Crippen molar-refractivity contribution >= 4 is 6.02 Å². The van der Waals surface area contributed by atoms with Gasteiger partial charge in [0.25, 0.3) is 6.02 Å². The molecule has 31 heavy (non-hydrogen) atoms. The standard InChI is InChI=1S/C24H23N5O2/c1-23(2,3)9-7-15-5-6-20-17(11-15)24(14-30-22(25)27-24)18-12-16(13-26-21(18)31-20)19-8-10-29(4)28-19/h5-6,8,10-13H,14H2,1-4H3,(H2,25,27)/t24-/m0/s1. The average Bonchev–Trinajstić information content (AvgIpc) is 3.33. The lowest BCUT2D eigenvalue weighted by molar-refractivity contribution is 0.262. The molecule has 0 saturated carbocycles. The molecule has 1 atom stereocenters. The number of aliphatic imine (C=N–C) groups is 1. The number of benzene rings is 1. The molecule has 3 aromatic rings. The number of hydrogen-bond donors (Lipinski definition) is 1. The van der Waals surface area contributed by atoms with Gasteiger partial charge >= 0.3 is 0 Å². The van der Waals surface area contributed by atoms with Crippen LogP contribution in [-0.4, -0.2) is 27.4 Å². The lowest BCUT2D eigenvalue weighted by atomic mass is 9.81. The highest BCUT2D eigenvalue weighted by Crippen LogP contribution is 2.50. The van der Waals surface area contributed by atoms with Gasteiger partial charge in [-0.15, -0.1) is 0 Å². The van der Waals surface area contributed by atoms with Crippen molar-refractivity contribution < 1.29 is 9.47 Å². The molecule has 0 aliphatic carbocycles. The number of amidine groups is 1. The van der Waals surface area contributed by atoms with Crippen LogP contribution in [0.15, 0.2) is 47.7 Å². The van der Waals surface area contributed by atoms with Gasteiger partial charge in [0.15, 0.2) is 5.54 Å². The van der Waals surface area contributed by atoms with Gasteiger partial charge in [-0.3, -0.25) is 4.68 Å². The molecule has 7 nitrogen and oxygen atoms in total. The average molecular weight is 413 g/mol. The first-order valence-electron chi connectivity index (χ1n) is 10.1. The molecule has 0 radical (unpaired) electrons. The molecule has 156 valence electrons. The molecule has 1 aromatic carbocycles. The van der Waals surface area contributed by atoms with Gasteiger partial charge in [-0.1, -0.05) is 11.8 Å². The van der Waals surface area contributed by atoms with Crippen LogP contribution in [0.5, 0.6) is 11.6 Å². The Morgan fingerprint density at radius 3 is 2.68 bits per heavy atom. The van der Waals surface area contributed by atoms with Crippen LogP contribution in [0, 0.1) is 17.3 Å². The predicted molar refractivity (Wildman–Crippen MR) is 118 cm³/mol. The van der Waals surface area contributed by atoms with E-state index < -0.39 is 5.54 Å². The summed E-state index contributed by atoms with van der Waals surface area (Å²) >= 11 is 0. The highest BCUT2D eigenvalue weighted by Gasteiger charge is 2.47. The van der Waals surface area contributed by atoms with E-state index in [0.717, 1.165) is 27.9 Å². The van der Waals surface area contributed by atoms with Gasteiger partial charge in [0.2, 0.25) is 5.88 Å². The van der Waals surface area contributed by atoms with Crippen molar-refractivity contribution in [3.05, 3.63) is 59.4 Å². The molecule has 2 aliphatic rings. The number of ether oxygens (including phenoxy) is 2. The van der Waals surface area contributed by atoms with Crippen molar-refractivity contribution in [3.63, 3.8) is 0 Å². The summed E-state index contributed by atoms with van der Waals surface area (Å²) in [6.07, 6.45) is 3.65. The number of rotatable bonds is 1. The number of nitrogens with zero attached hydrogens (tertiary/aromatic N) is 4. The lowest BCUT2D eigenvalue weighted by Crippen LogP contribution is -2.31. The molecule has 4 heterocycles. The second-order valence-corrected chi connectivity index (χ2v) is 8.86. The van der Waals surface area contributed by atoms with Gasteiger partial charge < -0.3 is 15.2 Å². The smallest absolute Gasteiger partial charge is 0.283 e. The third-order valence-corrected chi connectivity index (χ3v) is 5.25. The maximum atomic E-state index is 6.15. The normalized spacial score (nSPS) is 18.9. The molecule has 2 aromatic heterocycles. The summed E-state index contributed by atoms with van der Waals surface area (Å²) in [6.45, 7) is 6.52. The van der Waals surface area contributed by atoms with Crippen LogP contribution in [0.1, 0.15) is 37.5 Å². The van der Waals surface area contributed by atoms with Gasteiger partial charge in [0, 0.05) is 41.5 Å². The molecular formula is C24H23N5O2. The third kappa shape index (κ3) is 3.30. The second-order valence-electron chi connectivity index (χ2n) is 8.86. The number of pyridine rings is 1. The second kappa shape index (κ2) is 6.61. The fraction of sp³-hybridized carbons (Fsp3) is 0.292. The Hall–Kier alpha value is -3.79. The molecule has 0 saturated heterocycles. The van der Waals surface area contributed by atoms with Crippen LogP contribution in [0.4, 0.5) is 0 Å². The maximum absolute atomic E-state index is 6.15. The first kappa shape index (κ1) is 19.2. The minimum Gasteiger partial charge on any atom is -0.462 e.